The van der Waals surface area contributed by atoms with Gasteiger partial charge in [0.2, 0.25) is 0 Å². The predicted molar refractivity (Wildman–Crippen MR) is 87.5 cm³/mol. The van der Waals surface area contributed by atoms with E-state index in [-0.39, 0.29) is 6.03 Å². The van der Waals surface area contributed by atoms with Crippen LogP contribution in [0.15, 0.2) is 36.5 Å². The highest BCUT2D eigenvalue weighted by atomic mass is 16.2. The lowest BCUT2D eigenvalue weighted by Gasteiger charge is -2.36. The van der Waals surface area contributed by atoms with Crippen LogP contribution in [-0.2, 0) is 0 Å². The number of hydrogen-bond acceptors (Lipinski definition) is 2. The zero-order chi connectivity index (χ0) is 15.2. The molecule has 0 spiro atoms. The van der Waals surface area contributed by atoms with E-state index in [1.807, 2.05) is 11.0 Å². The second kappa shape index (κ2) is 7.16. The normalized spacial score (nSPS) is 15.8. The van der Waals surface area contributed by atoms with Crippen molar-refractivity contribution in [3.05, 3.63) is 42.1 Å². The Morgan fingerprint density at radius 3 is 2.57 bits per heavy atom. The molecule has 1 N–H and O–H groups in total. The molecule has 1 saturated heterocycles. The molecule has 4 heteroatoms. The van der Waals surface area contributed by atoms with E-state index in [1.165, 1.54) is 11.3 Å². The Morgan fingerprint density at radius 2 is 1.95 bits per heavy atom. The van der Waals surface area contributed by atoms with Crippen LogP contribution in [0.25, 0.3) is 0 Å². The number of urea groups is 1. The van der Waals surface area contributed by atoms with Crippen LogP contribution in [0.5, 0.6) is 0 Å². The maximum atomic E-state index is 12.0. The van der Waals surface area contributed by atoms with E-state index in [9.17, 15) is 4.79 Å². The average molecular weight is 287 g/mol. The zero-order valence-electron chi connectivity index (χ0n) is 13.2. The topological polar surface area (TPSA) is 35.6 Å². The first-order chi connectivity index (χ1) is 10.1. The Balaban J connectivity index is 1.84. The average Bonchev–Trinajstić information content (AvgIpc) is 2.47. The third kappa shape index (κ3) is 4.52. The highest BCUT2D eigenvalue weighted by Gasteiger charge is 2.20. The van der Waals surface area contributed by atoms with Gasteiger partial charge in [-0.25, -0.2) is 4.79 Å². The molecule has 4 nitrogen and oxygen atoms in total. The number of allylic oxidation sites excluding steroid dienone is 1. The third-order valence-electron chi connectivity index (χ3n) is 3.62. The predicted octanol–water partition coefficient (Wildman–Crippen LogP) is 3.00. The molecular weight excluding hydrogens is 262 g/mol. The van der Waals surface area contributed by atoms with Crippen molar-refractivity contribution in [1.82, 2.24) is 10.2 Å². The minimum atomic E-state index is -0.00390. The lowest BCUT2D eigenvalue weighted by molar-refractivity contribution is 0.198. The molecule has 0 atom stereocenters. The van der Waals surface area contributed by atoms with Gasteiger partial charge in [0, 0.05) is 38.1 Å². The number of carbonyl (C=O) groups excluding carboxylic acids is 1. The lowest BCUT2D eigenvalue weighted by atomic mass is 10.2. The van der Waals surface area contributed by atoms with E-state index < -0.39 is 0 Å². The molecule has 114 valence electrons. The number of amides is 2. The highest BCUT2D eigenvalue weighted by Crippen LogP contribution is 2.17. The van der Waals surface area contributed by atoms with E-state index in [1.54, 1.807) is 6.20 Å². The number of hydrogen-bond donors (Lipinski definition) is 1. The van der Waals surface area contributed by atoms with Crippen LogP contribution < -0.4 is 10.2 Å². The molecule has 0 radical (unpaired) electrons. The standard InChI is InChI=1S/C17H25N3O/c1-14(2)7-8-18-17(21)20-11-9-19(10-12-20)16-6-4-5-15(3)13-16/h4-8,13-14H,9-12H2,1-3H3,(H,18,21)/b8-7+. The van der Waals surface area contributed by atoms with Gasteiger partial charge < -0.3 is 15.1 Å². The van der Waals surface area contributed by atoms with E-state index in [0.717, 1.165) is 26.2 Å². The number of nitrogens with zero attached hydrogens (tertiary/aromatic N) is 2. The number of piperazine rings is 1. The molecule has 1 fully saturated rings. The fourth-order valence-corrected chi connectivity index (χ4v) is 2.40. The molecule has 0 aromatic heterocycles. The van der Waals surface area contributed by atoms with Gasteiger partial charge in [-0.1, -0.05) is 32.1 Å². The Hall–Kier alpha value is -1.97. The molecule has 0 unspecified atom stereocenters. The number of carbonyl (C=O) groups is 1. The zero-order valence-corrected chi connectivity index (χ0v) is 13.2. The summed E-state index contributed by atoms with van der Waals surface area (Å²) in [6, 6.07) is 8.51. The molecule has 2 rings (SSSR count). The van der Waals surface area contributed by atoms with Crippen LogP contribution in [-0.4, -0.2) is 37.1 Å². The maximum absolute atomic E-state index is 12.0. The number of nitrogens with one attached hydrogen (secondary N) is 1. The Morgan fingerprint density at radius 1 is 1.24 bits per heavy atom. The van der Waals surface area contributed by atoms with Crippen molar-refractivity contribution in [2.24, 2.45) is 5.92 Å². The first kappa shape index (κ1) is 15.4. The summed E-state index contributed by atoms with van der Waals surface area (Å²) in [5, 5.41) is 2.84. The van der Waals surface area contributed by atoms with Gasteiger partial charge in [-0.3, -0.25) is 0 Å². The number of benzene rings is 1. The first-order valence-corrected chi connectivity index (χ1v) is 7.60. The monoisotopic (exact) mass is 287 g/mol. The summed E-state index contributed by atoms with van der Waals surface area (Å²) in [6.45, 7) is 9.56. The number of rotatable bonds is 3. The fraction of sp³-hybridized carbons (Fsp3) is 0.471. The van der Waals surface area contributed by atoms with Crippen LogP contribution in [0, 0.1) is 12.8 Å². The SMILES string of the molecule is Cc1cccc(N2CCN(C(=O)N/C=C/C(C)C)CC2)c1. The molecule has 0 aliphatic carbocycles. The minimum Gasteiger partial charge on any atom is -0.368 e. The third-order valence-corrected chi connectivity index (χ3v) is 3.62. The number of anilines is 1. The van der Waals surface area contributed by atoms with Crippen LogP contribution >= 0.6 is 0 Å². The Kier molecular flexibility index (Phi) is 5.26. The van der Waals surface area contributed by atoms with E-state index >= 15 is 0 Å². The van der Waals surface area contributed by atoms with Gasteiger partial charge in [0.25, 0.3) is 0 Å². The minimum absolute atomic E-state index is 0.00390. The Labute approximate surface area is 127 Å². The molecule has 0 saturated carbocycles. The van der Waals surface area contributed by atoms with Crippen molar-refractivity contribution < 1.29 is 4.79 Å². The van der Waals surface area contributed by atoms with E-state index in [0.29, 0.717) is 5.92 Å². The molecule has 1 heterocycles. The van der Waals surface area contributed by atoms with Gasteiger partial charge in [-0.15, -0.1) is 0 Å². The largest absolute Gasteiger partial charge is 0.368 e. The van der Waals surface area contributed by atoms with Crippen molar-refractivity contribution in [3.63, 3.8) is 0 Å². The first-order valence-electron chi connectivity index (χ1n) is 7.60. The lowest BCUT2D eigenvalue weighted by Crippen LogP contribution is -2.51. The summed E-state index contributed by atoms with van der Waals surface area (Å²) < 4.78 is 0. The molecule has 1 aliphatic heterocycles. The van der Waals surface area contributed by atoms with Crippen molar-refractivity contribution in [2.45, 2.75) is 20.8 Å². The Bertz CT molecular complexity index is 503. The molecule has 1 aliphatic rings. The molecule has 21 heavy (non-hydrogen) atoms. The second-order valence-corrected chi connectivity index (χ2v) is 5.87. The van der Waals surface area contributed by atoms with Gasteiger partial charge >= 0.3 is 6.03 Å². The summed E-state index contributed by atoms with van der Waals surface area (Å²) in [5.41, 5.74) is 2.52. The van der Waals surface area contributed by atoms with Gasteiger partial charge in [-0.05, 0) is 30.5 Å². The van der Waals surface area contributed by atoms with Crippen molar-refractivity contribution in [3.8, 4) is 0 Å². The summed E-state index contributed by atoms with van der Waals surface area (Å²) >= 11 is 0. The smallest absolute Gasteiger partial charge is 0.321 e. The molecule has 1 aromatic carbocycles. The van der Waals surface area contributed by atoms with Crippen molar-refractivity contribution >= 4 is 11.7 Å². The van der Waals surface area contributed by atoms with Crippen LogP contribution in [0.3, 0.4) is 0 Å². The summed E-state index contributed by atoms with van der Waals surface area (Å²) in [7, 11) is 0. The molecule has 1 aromatic rings. The second-order valence-electron chi connectivity index (χ2n) is 5.87. The van der Waals surface area contributed by atoms with Gasteiger partial charge in [0.1, 0.15) is 0 Å². The van der Waals surface area contributed by atoms with Gasteiger partial charge in [0.05, 0.1) is 0 Å². The molecule has 2 amide bonds. The van der Waals surface area contributed by atoms with Crippen LogP contribution in [0.2, 0.25) is 0 Å². The summed E-state index contributed by atoms with van der Waals surface area (Å²) in [4.78, 5) is 16.2. The quantitative estimate of drug-likeness (QED) is 0.927. The highest BCUT2D eigenvalue weighted by molar-refractivity contribution is 5.75. The summed E-state index contributed by atoms with van der Waals surface area (Å²) in [5.74, 6) is 0.448. The van der Waals surface area contributed by atoms with E-state index in [4.69, 9.17) is 0 Å². The van der Waals surface area contributed by atoms with Gasteiger partial charge in [-0.2, -0.15) is 0 Å². The van der Waals surface area contributed by atoms with Crippen LogP contribution in [0.4, 0.5) is 10.5 Å². The molecule has 0 bridgehead atoms. The summed E-state index contributed by atoms with van der Waals surface area (Å²) in [6.07, 6.45) is 3.74. The maximum Gasteiger partial charge on any atom is 0.321 e. The van der Waals surface area contributed by atoms with Crippen molar-refractivity contribution in [2.75, 3.05) is 31.1 Å². The van der Waals surface area contributed by atoms with Gasteiger partial charge in [0.15, 0.2) is 0 Å². The number of aryl methyl sites for hydroxylation is 1. The molecular formula is C17H25N3O. The van der Waals surface area contributed by atoms with E-state index in [2.05, 4.69) is 55.3 Å². The van der Waals surface area contributed by atoms with Crippen molar-refractivity contribution in [1.29, 1.82) is 0 Å². The van der Waals surface area contributed by atoms with Crippen LogP contribution in [0.1, 0.15) is 19.4 Å². The fourth-order valence-electron chi connectivity index (χ4n) is 2.40.